The Balaban J connectivity index is 1.95. The maximum atomic E-state index is 13.2. The Morgan fingerprint density at radius 2 is 1.65 bits per heavy atom. The molecule has 0 heterocycles. The van der Waals surface area contributed by atoms with Crippen LogP contribution < -0.4 is 0 Å². The van der Waals surface area contributed by atoms with Gasteiger partial charge in [-0.3, -0.25) is 14.4 Å². The van der Waals surface area contributed by atoms with Gasteiger partial charge in [-0.25, -0.2) is 0 Å². The average Bonchev–Trinajstić information content (AvgIpc) is 2.79. The molecule has 1 amide bonds. The van der Waals surface area contributed by atoms with Gasteiger partial charge in [0, 0.05) is 19.0 Å². The molecule has 2 unspecified atom stereocenters. The summed E-state index contributed by atoms with van der Waals surface area (Å²) in [7, 11) is 1.71. The Morgan fingerprint density at radius 1 is 1.04 bits per heavy atom. The van der Waals surface area contributed by atoms with Crippen LogP contribution in [0, 0.1) is 16.2 Å². The van der Waals surface area contributed by atoms with Gasteiger partial charge in [-0.1, -0.05) is 51.1 Å². The summed E-state index contributed by atoms with van der Waals surface area (Å²) in [6.07, 6.45) is 1.08. The summed E-state index contributed by atoms with van der Waals surface area (Å²) in [5.41, 5.74) is -1.54. The van der Waals surface area contributed by atoms with E-state index in [1.54, 1.807) is 11.9 Å². The van der Waals surface area contributed by atoms with Crippen LogP contribution in [0.3, 0.4) is 0 Å². The highest BCUT2D eigenvalue weighted by atomic mass is 16.2. The number of nitrogens with zero attached hydrogens (tertiary/aromatic N) is 1. The molecule has 4 nitrogen and oxygen atoms in total. The third-order valence-corrected chi connectivity index (χ3v) is 6.52. The van der Waals surface area contributed by atoms with Crippen LogP contribution in [0.5, 0.6) is 0 Å². The minimum atomic E-state index is -1.19. The molecule has 0 saturated heterocycles. The molecule has 23 heavy (non-hydrogen) atoms. The Morgan fingerprint density at radius 3 is 2.17 bits per heavy atom. The zero-order valence-electron chi connectivity index (χ0n) is 14.2. The van der Waals surface area contributed by atoms with Gasteiger partial charge in [-0.05, 0) is 23.8 Å². The molecule has 2 aliphatic carbocycles. The minimum absolute atomic E-state index is 0.217. The van der Waals surface area contributed by atoms with E-state index >= 15 is 0 Å². The molecule has 0 aliphatic heterocycles. The lowest BCUT2D eigenvalue weighted by molar-refractivity contribution is -0.154. The molecule has 1 aromatic carbocycles. The first-order valence-corrected chi connectivity index (χ1v) is 8.07. The van der Waals surface area contributed by atoms with Crippen LogP contribution in [0.2, 0.25) is 0 Å². The fourth-order valence-electron chi connectivity index (χ4n) is 4.50. The molecule has 2 bridgehead atoms. The van der Waals surface area contributed by atoms with Crippen molar-refractivity contribution in [2.75, 3.05) is 7.05 Å². The van der Waals surface area contributed by atoms with Crippen LogP contribution in [0.15, 0.2) is 30.3 Å². The number of amides is 1. The summed E-state index contributed by atoms with van der Waals surface area (Å²) in [5, 5.41) is 0. The summed E-state index contributed by atoms with van der Waals surface area (Å²) >= 11 is 0. The molecule has 3 rings (SSSR count). The van der Waals surface area contributed by atoms with Gasteiger partial charge in [0.2, 0.25) is 17.5 Å². The Bertz CT molecular complexity index is 694. The van der Waals surface area contributed by atoms with Crippen LogP contribution in [-0.2, 0) is 20.9 Å². The molecular formula is C19H23NO3. The standard InChI is InChI=1S/C19H23NO3/c1-17(2)18(3)10-11-19(17,15(22)14(18)21)16(23)20(4)12-13-8-6-5-7-9-13/h5-9H,10-12H2,1-4H3. The highest BCUT2D eigenvalue weighted by Gasteiger charge is 2.78. The molecule has 2 aliphatic rings. The van der Waals surface area contributed by atoms with Gasteiger partial charge < -0.3 is 4.90 Å². The van der Waals surface area contributed by atoms with E-state index in [1.807, 2.05) is 51.1 Å². The largest absolute Gasteiger partial charge is 0.341 e. The molecule has 0 radical (unpaired) electrons. The number of carbonyl (C=O) groups excluding carboxylic acids is 3. The van der Waals surface area contributed by atoms with Crippen LogP contribution in [0.1, 0.15) is 39.2 Å². The van der Waals surface area contributed by atoms with Crippen molar-refractivity contribution in [3.63, 3.8) is 0 Å². The van der Waals surface area contributed by atoms with Gasteiger partial charge in [0.25, 0.3) is 0 Å². The van der Waals surface area contributed by atoms with E-state index in [0.717, 1.165) is 5.56 Å². The molecule has 2 atom stereocenters. The maximum Gasteiger partial charge on any atom is 0.237 e. The number of benzene rings is 1. The normalized spacial score (nSPS) is 31.5. The minimum Gasteiger partial charge on any atom is -0.341 e. The van der Waals surface area contributed by atoms with Crippen molar-refractivity contribution in [3.8, 4) is 0 Å². The van der Waals surface area contributed by atoms with E-state index in [0.29, 0.717) is 19.4 Å². The maximum absolute atomic E-state index is 13.2. The molecule has 0 spiro atoms. The fourth-order valence-corrected chi connectivity index (χ4v) is 4.50. The zero-order chi connectivity index (χ0) is 17.0. The van der Waals surface area contributed by atoms with Crippen LogP contribution >= 0.6 is 0 Å². The summed E-state index contributed by atoms with van der Waals surface area (Å²) in [4.78, 5) is 40.0. The average molecular weight is 313 g/mol. The molecule has 0 N–H and O–H groups in total. The van der Waals surface area contributed by atoms with Gasteiger partial charge in [0.1, 0.15) is 5.41 Å². The van der Waals surface area contributed by atoms with Crippen LogP contribution in [-0.4, -0.2) is 29.4 Å². The van der Waals surface area contributed by atoms with Crippen molar-refractivity contribution in [2.45, 2.75) is 40.2 Å². The second-order valence-corrected chi connectivity index (χ2v) is 7.67. The number of fused-ring (bicyclic) bond motifs is 2. The molecule has 0 aromatic heterocycles. The third-order valence-electron chi connectivity index (χ3n) is 6.52. The van der Waals surface area contributed by atoms with Crippen molar-refractivity contribution < 1.29 is 14.4 Å². The smallest absolute Gasteiger partial charge is 0.237 e. The number of rotatable bonds is 3. The van der Waals surface area contributed by atoms with Crippen LogP contribution in [0.4, 0.5) is 0 Å². The summed E-state index contributed by atoms with van der Waals surface area (Å²) in [6, 6.07) is 9.67. The lowest BCUT2D eigenvalue weighted by atomic mass is 9.64. The zero-order valence-corrected chi connectivity index (χ0v) is 14.2. The second kappa shape index (κ2) is 4.76. The van der Waals surface area contributed by atoms with Crippen molar-refractivity contribution in [1.82, 2.24) is 4.90 Å². The third kappa shape index (κ3) is 1.75. The van der Waals surface area contributed by atoms with E-state index in [2.05, 4.69) is 0 Å². The quantitative estimate of drug-likeness (QED) is 0.637. The van der Waals surface area contributed by atoms with Crippen molar-refractivity contribution >= 4 is 17.5 Å². The molecule has 122 valence electrons. The SMILES string of the molecule is CN(Cc1ccccc1)C(=O)C12CCC(C)(C(=O)C1=O)C2(C)C. The Kier molecular flexibility index (Phi) is 3.29. The van der Waals surface area contributed by atoms with Crippen molar-refractivity contribution in [2.24, 2.45) is 16.2 Å². The molecular weight excluding hydrogens is 290 g/mol. The van der Waals surface area contributed by atoms with Gasteiger partial charge in [0.05, 0.1) is 0 Å². The molecule has 2 saturated carbocycles. The van der Waals surface area contributed by atoms with Gasteiger partial charge in [-0.15, -0.1) is 0 Å². The monoisotopic (exact) mass is 313 g/mol. The molecule has 2 fully saturated rings. The first-order chi connectivity index (χ1) is 10.7. The van der Waals surface area contributed by atoms with E-state index in [-0.39, 0.29) is 11.7 Å². The fraction of sp³-hybridized carbons (Fsp3) is 0.526. The highest BCUT2D eigenvalue weighted by Crippen LogP contribution is 2.69. The predicted molar refractivity (Wildman–Crippen MR) is 86.5 cm³/mol. The van der Waals surface area contributed by atoms with E-state index < -0.39 is 22.0 Å². The summed E-state index contributed by atoms with van der Waals surface area (Å²) in [6.45, 7) is 6.08. The van der Waals surface area contributed by atoms with Gasteiger partial charge in [-0.2, -0.15) is 0 Å². The molecule has 1 aromatic rings. The molecule has 4 heteroatoms. The number of carbonyl (C=O) groups is 3. The van der Waals surface area contributed by atoms with E-state index in [1.165, 1.54) is 0 Å². The number of hydrogen-bond donors (Lipinski definition) is 0. The predicted octanol–water partition coefficient (Wildman–Crippen LogP) is 2.61. The summed E-state index contributed by atoms with van der Waals surface area (Å²) < 4.78 is 0. The highest BCUT2D eigenvalue weighted by molar-refractivity contribution is 6.48. The first-order valence-electron chi connectivity index (χ1n) is 8.07. The Hall–Kier alpha value is -1.97. The van der Waals surface area contributed by atoms with Gasteiger partial charge >= 0.3 is 0 Å². The number of Topliss-reactive ketones (excluding diaryl/α,β-unsaturated/α-hetero) is 2. The first kappa shape index (κ1) is 15.9. The van der Waals surface area contributed by atoms with E-state index in [4.69, 9.17) is 0 Å². The topological polar surface area (TPSA) is 54.5 Å². The second-order valence-electron chi connectivity index (χ2n) is 7.67. The van der Waals surface area contributed by atoms with E-state index in [9.17, 15) is 14.4 Å². The lowest BCUT2D eigenvalue weighted by Gasteiger charge is -2.39. The van der Waals surface area contributed by atoms with Crippen molar-refractivity contribution in [1.29, 1.82) is 0 Å². The summed E-state index contributed by atoms with van der Waals surface area (Å²) in [5.74, 6) is -1.07. The number of ketones is 2. The lowest BCUT2D eigenvalue weighted by Crippen LogP contribution is -2.50. The Labute approximate surface area is 136 Å². The number of hydrogen-bond acceptors (Lipinski definition) is 3. The van der Waals surface area contributed by atoms with Crippen molar-refractivity contribution in [3.05, 3.63) is 35.9 Å². The van der Waals surface area contributed by atoms with Crippen LogP contribution in [0.25, 0.3) is 0 Å². The van der Waals surface area contributed by atoms with Gasteiger partial charge in [0.15, 0.2) is 0 Å².